The molecule has 1 heterocycles. The third-order valence-corrected chi connectivity index (χ3v) is 2.89. The van der Waals surface area contributed by atoms with E-state index >= 15 is 0 Å². The summed E-state index contributed by atoms with van der Waals surface area (Å²) in [6, 6.07) is 4.90. The van der Waals surface area contributed by atoms with E-state index in [0.29, 0.717) is 12.5 Å². The zero-order valence-corrected chi connectivity index (χ0v) is 10.3. The van der Waals surface area contributed by atoms with Gasteiger partial charge in [-0.2, -0.15) is 0 Å². The molecule has 0 aliphatic rings. The van der Waals surface area contributed by atoms with Crippen LogP contribution in [0.15, 0.2) is 18.2 Å². The summed E-state index contributed by atoms with van der Waals surface area (Å²) in [5.74, 6) is -0.196. The molecule has 0 spiro atoms. The molecule has 0 atom stereocenters. The Labute approximate surface area is 101 Å². The second kappa shape index (κ2) is 5.63. The molecule has 1 aromatic heterocycles. The van der Waals surface area contributed by atoms with Gasteiger partial charge in [-0.3, -0.25) is 4.79 Å². The lowest BCUT2D eigenvalue weighted by Crippen LogP contribution is -2.44. The number of carbonyl (C=O) groups is 1. The Bertz CT molecular complexity index is 389. The van der Waals surface area contributed by atoms with E-state index in [9.17, 15) is 4.79 Å². The van der Waals surface area contributed by atoms with Crippen LogP contribution in [0.3, 0.4) is 0 Å². The molecule has 17 heavy (non-hydrogen) atoms. The molecule has 0 aliphatic heterocycles. The maximum atomic E-state index is 10.9. The quantitative estimate of drug-likeness (QED) is 0.774. The Morgan fingerprint density at radius 3 is 2.59 bits per heavy atom. The van der Waals surface area contributed by atoms with Gasteiger partial charge in [-0.15, -0.1) is 0 Å². The second-order valence-electron chi connectivity index (χ2n) is 4.08. The van der Waals surface area contributed by atoms with Crippen molar-refractivity contribution in [1.29, 1.82) is 0 Å². The molecular formula is C12H19N3O2. The highest BCUT2D eigenvalue weighted by Crippen LogP contribution is 2.14. The topological polar surface area (TPSA) is 91.2 Å². The first-order valence-corrected chi connectivity index (χ1v) is 5.69. The average molecular weight is 237 g/mol. The zero-order chi connectivity index (χ0) is 12.9. The highest BCUT2D eigenvalue weighted by Gasteiger charge is 2.21. The van der Waals surface area contributed by atoms with E-state index in [0.717, 1.165) is 12.8 Å². The summed E-state index contributed by atoms with van der Waals surface area (Å²) < 4.78 is 5.50. The van der Waals surface area contributed by atoms with Crippen LogP contribution in [0.4, 0.5) is 0 Å². The van der Waals surface area contributed by atoms with E-state index in [-0.39, 0.29) is 11.2 Å². The number of ether oxygens (including phenoxy) is 1. The molecule has 0 bridgehead atoms. The number of rotatable bonds is 6. The van der Waals surface area contributed by atoms with Crippen LogP contribution in [0.25, 0.3) is 0 Å². The van der Waals surface area contributed by atoms with Gasteiger partial charge >= 0.3 is 0 Å². The summed E-state index contributed by atoms with van der Waals surface area (Å²) in [4.78, 5) is 14.9. The minimum Gasteiger partial charge on any atom is -0.476 e. The molecule has 1 amide bonds. The van der Waals surface area contributed by atoms with E-state index in [4.69, 9.17) is 16.2 Å². The minimum absolute atomic E-state index is 0.193. The summed E-state index contributed by atoms with van der Waals surface area (Å²) in [6.45, 7) is 4.40. The molecule has 0 saturated heterocycles. The zero-order valence-electron chi connectivity index (χ0n) is 10.3. The first-order chi connectivity index (χ1) is 8.00. The second-order valence-corrected chi connectivity index (χ2v) is 4.08. The maximum Gasteiger partial charge on any atom is 0.267 e. The van der Waals surface area contributed by atoms with Crippen LogP contribution in [-0.2, 0) is 0 Å². The fraction of sp³-hybridized carbons (Fsp3) is 0.500. The molecule has 0 aliphatic carbocycles. The maximum absolute atomic E-state index is 10.9. The highest BCUT2D eigenvalue weighted by molar-refractivity contribution is 5.90. The molecule has 0 saturated carbocycles. The lowest BCUT2D eigenvalue weighted by molar-refractivity contribution is 0.0994. The fourth-order valence-electron chi connectivity index (χ4n) is 1.30. The van der Waals surface area contributed by atoms with E-state index in [1.54, 1.807) is 18.2 Å². The van der Waals surface area contributed by atoms with Crippen LogP contribution in [-0.4, -0.2) is 23.0 Å². The number of hydrogen-bond donors (Lipinski definition) is 2. The SMILES string of the molecule is CCC(N)(CC)COc1cccc(C(N)=O)n1. The number of primary amides is 1. The number of hydrogen-bond acceptors (Lipinski definition) is 4. The van der Waals surface area contributed by atoms with E-state index in [1.807, 2.05) is 13.8 Å². The summed E-state index contributed by atoms with van der Waals surface area (Å²) in [5.41, 5.74) is 11.1. The first-order valence-electron chi connectivity index (χ1n) is 5.69. The van der Waals surface area contributed by atoms with Crippen LogP contribution in [0.1, 0.15) is 37.2 Å². The average Bonchev–Trinajstić information content (AvgIpc) is 2.36. The fourth-order valence-corrected chi connectivity index (χ4v) is 1.30. The van der Waals surface area contributed by atoms with Gasteiger partial charge in [0.2, 0.25) is 5.88 Å². The molecule has 0 fully saturated rings. The predicted molar refractivity (Wildman–Crippen MR) is 65.8 cm³/mol. The largest absolute Gasteiger partial charge is 0.476 e. The summed E-state index contributed by atoms with van der Waals surface area (Å²) in [7, 11) is 0. The minimum atomic E-state index is -0.569. The molecule has 0 unspecified atom stereocenters. The number of pyridine rings is 1. The molecule has 94 valence electrons. The molecule has 0 aromatic carbocycles. The van der Waals surface area contributed by atoms with Crippen molar-refractivity contribution in [2.24, 2.45) is 11.5 Å². The van der Waals surface area contributed by atoms with Gasteiger partial charge in [0.15, 0.2) is 0 Å². The van der Waals surface area contributed by atoms with Crippen molar-refractivity contribution in [2.45, 2.75) is 32.2 Å². The Morgan fingerprint density at radius 2 is 2.06 bits per heavy atom. The van der Waals surface area contributed by atoms with Crippen molar-refractivity contribution >= 4 is 5.91 Å². The Balaban J connectivity index is 2.69. The van der Waals surface area contributed by atoms with Crippen LogP contribution < -0.4 is 16.2 Å². The molecule has 5 nitrogen and oxygen atoms in total. The summed E-state index contributed by atoms with van der Waals surface area (Å²) in [5, 5.41) is 0. The highest BCUT2D eigenvalue weighted by atomic mass is 16.5. The molecule has 1 rings (SSSR count). The molecule has 4 N–H and O–H groups in total. The number of nitrogens with two attached hydrogens (primary N) is 2. The smallest absolute Gasteiger partial charge is 0.267 e. The van der Waals surface area contributed by atoms with Gasteiger partial charge in [0.25, 0.3) is 5.91 Å². The van der Waals surface area contributed by atoms with Crippen molar-refractivity contribution in [3.05, 3.63) is 23.9 Å². The first kappa shape index (κ1) is 13.4. The van der Waals surface area contributed by atoms with Gasteiger partial charge in [0.1, 0.15) is 12.3 Å². The normalized spacial score (nSPS) is 11.2. The number of amides is 1. The van der Waals surface area contributed by atoms with Gasteiger partial charge in [0, 0.05) is 11.6 Å². The summed E-state index contributed by atoms with van der Waals surface area (Å²) in [6.07, 6.45) is 1.64. The van der Waals surface area contributed by atoms with Gasteiger partial charge in [-0.1, -0.05) is 19.9 Å². The van der Waals surface area contributed by atoms with Crippen molar-refractivity contribution in [2.75, 3.05) is 6.61 Å². The number of aromatic nitrogens is 1. The van der Waals surface area contributed by atoms with Crippen LogP contribution >= 0.6 is 0 Å². The number of carbonyl (C=O) groups excluding carboxylic acids is 1. The van der Waals surface area contributed by atoms with Crippen LogP contribution in [0.2, 0.25) is 0 Å². The third kappa shape index (κ3) is 3.71. The Morgan fingerprint density at radius 1 is 1.41 bits per heavy atom. The van der Waals surface area contributed by atoms with Crippen molar-refractivity contribution in [3.63, 3.8) is 0 Å². The molecular weight excluding hydrogens is 218 g/mol. The Kier molecular flexibility index (Phi) is 4.45. The lowest BCUT2D eigenvalue weighted by Gasteiger charge is -2.26. The van der Waals surface area contributed by atoms with E-state index < -0.39 is 5.91 Å². The van der Waals surface area contributed by atoms with Gasteiger partial charge < -0.3 is 16.2 Å². The standard InChI is InChI=1S/C12H19N3O2/c1-3-12(14,4-2)8-17-10-7-5-6-9(15-10)11(13)16/h5-7H,3-4,8,14H2,1-2H3,(H2,13,16). The third-order valence-electron chi connectivity index (χ3n) is 2.89. The van der Waals surface area contributed by atoms with Crippen molar-refractivity contribution in [3.8, 4) is 5.88 Å². The van der Waals surface area contributed by atoms with Gasteiger partial charge in [-0.25, -0.2) is 4.98 Å². The van der Waals surface area contributed by atoms with Gasteiger partial charge in [-0.05, 0) is 18.9 Å². The van der Waals surface area contributed by atoms with Gasteiger partial charge in [0.05, 0.1) is 0 Å². The Hall–Kier alpha value is -1.62. The monoisotopic (exact) mass is 237 g/mol. The molecule has 1 aromatic rings. The predicted octanol–water partition coefficient (Wildman–Crippen LogP) is 1.08. The lowest BCUT2D eigenvalue weighted by atomic mass is 9.96. The van der Waals surface area contributed by atoms with E-state index in [2.05, 4.69) is 4.98 Å². The van der Waals surface area contributed by atoms with Crippen molar-refractivity contribution in [1.82, 2.24) is 4.98 Å². The summed E-state index contributed by atoms with van der Waals surface area (Å²) >= 11 is 0. The molecule has 5 heteroatoms. The van der Waals surface area contributed by atoms with Crippen LogP contribution in [0, 0.1) is 0 Å². The van der Waals surface area contributed by atoms with E-state index in [1.165, 1.54) is 0 Å². The molecule has 0 radical (unpaired) electrons. The number of nitrogens with zero attached hydrogens (tertiary/aromatic N) is 1. The van der Waals surface area contributed by atoms with Crippen LogP contribution in [0.5, 0.6) is 5.88 Å². The van der Waals surface area contributed by atoms with Crippen molar-refractivity contribution < 1.29 is 9.53 Å².